The van der Waals surface area contributed by atoms with Crippen LogP contribution in [0, 0.1) is 0 Å². The molecule has 0 bridgehead atoms. The number of para-hydroxylation sites is 1. The molecule has 1 N–H and O–H groups in total. The van der Waals surface area contributed by atoms with Crippen molar-refractivity contribution in [2.45, 2.75) is 31.3 Å². The van der Waals surface area contributed by atoms with E-state index < -0.39 is 0 Å². The van der Waals surface area contributed by atoms with Gasteiger partial charge in [-0.2, -0.15) is 5.10 Å². The summed E-state index contributed by atoms with van der Waals surface area (Å²) in [6, 6.07) is 7.80. The molecule has 2 aromatic heterocycles. The Bertz CT molecular complexity index is 1030. The first-order chi connectivity index (χ1) is 15.2. The molecule has 8 nitrogen and oxygen atoms in total. The van der Waals surface area contributed by atoms with E-state index in [9.17, 15) is 9.90 Å². The highest BCUT2D eigenvalue weighted by molar-refractivity contribution is 7.18. The van der Waals surface area contributed by atoms with Crippen molar-refractivity contribution in [3.63, 3.8) is 0 Å². The van der Waals surface area contributed by atoms with Gasteiger partial charge in [-0.3, -0.25) is 9.48 Å². The van der Waals surface area contributed by atoms with Gasteiger partial charge >= 0.3 is 0 Å². The lowest BCUT2D eigenvalue weighted by Gasteiger charge is -2.34. The monoisotopic (exact) mass is 442 g/mol. The number of ether oxygens (including phenoxy) is 2. The summed E-state index contributed by atoms with van der Waals surface area (Å²) >= 11 is 1.61. The zero-order valence-corrected chi connectivity index (χ0v) is 18.1. The molecule has 0 radical (unpaired) electrons. The predicted molar refractivity (Wildman–Crippen MR) is 116 cm³/mol. The molecule has 3 aromatic rings. The third kappa shape index (κ3) is 4.10. The lowest BCUT2D eigenvalue weighted by Crippen LogP contribution is -2.43. The third-order valence-corrected chi connectivity index (χ3v) is 7.08. The minimum absolute atomic E-state index is 0.0194. The van der Waals surface area contributed by atoms with Crippen LogP contribution in [-0.4, -0.2) is 70.3 Å². The second kappa shape index (κ2) is 9.04. The van der Waals surface area contributed by atoms with Crippen LogP contribution in [0.5, 0.6) is 0 Å². The number of carbonyl (C=O) groups excluding carboxylic acids is 1. The average Bonchev–Trinajstić information content (AvgIpc) is 3.44. The van der Waals surface area contributed by atoms with Gasteiger partial charge < -0.3 is 19.5 Å². The largest absolute Gasteiger partial charge is 0.394 e. The maximum Gasteiger partial charge on any atom is 0.258 e. The highest BCUT2D eigenvalue weighted by Crippen LogP contribution is 2.34. The van der Waals surface area contributed by atoms with E-state index in [4.69, 9.17) is 14.5 Å². The van der Waals surface area contributed by atoms with E-state index in [0.29, 0.717) is 45.1 Å². The van der Waals surface area contributed by atoms with Gasteiger partial charge in [0.25, 0.3) is 5.91 Å². The van der Waals surface area contributed by atoms with Crippen LogP contribution in [-0.2, 0) is 16.0 Å². The van der Waals surface area contributed by atoms with Crippen molar-refractivity contribution >= 4 is 27.5 Å². The summed E-state index contributed by atoms with van der Waals surface area (Å²) in [6.07, 6.45) is 3.48. The number of nitrogens with zero attached hydrogens (tertiary/aromatic N) is 4. The number of aliphatic hydroxyl groups is 1. The van der Waals surface area contributed by atoms with Gasteiger partial charge in [0.05, 0.1) is 47.8 Å². The quantitative estimate of drug-likeness (QED) is 0.653. The minimum Gasteiger partial charge on any atom is -0.394 e. The molecule has 2 aliphatic heterocycles. The normalized spacial score (nSPS) is 20.4. The molecule has 5 rings (SSSR count). The van der Waals surface area contributed by atoms with Crippen LogP contribution < -0.4 is 0 Å². The summed E-state index contributed by atoms with van der Waals surface area (Å²) < 4.78 is 14.0. The van der Waals surface area contributed by atoms with Crippen molar-refractivity contribution < 1.29 is 19.4 Å². The number of hydrogen-bond donors (Lipinski definition) is 1. The highest BCUT2D eigenvalue weighted by Gasteiger charge is 2.35. The summed E-state index contributed by atoms with van der Waals surface area (Å²) in [5, 5.41) is 15.0. The topological polar surface area (TPSA) is 89.7 Å². The van der Waals surface area contributed by atoms with Gasteiger partial charge in [-0.25, -0.2) is 4.98 Å². The van der Waals surface area contributed by atoms with Gasteiger partial charge in [-0.15, -0.1) is 11.3 Å². The fraction of sp³-hybridized carbons (Fsp3) is 0.500. The number of amides is 1. The van der Waals surface area contributed by atoms with Crippen molar-refractivity contribution in [3.05, 3.63) is 46.7 Å². The fourth-order valence-electron chi connectivity index (χ4n) is 4.33. The molecule has 9 heteroatoms. The van der Waals surface area contributed by atoms with E-state index in [-0.39, 0.29) is 24.5 Å². The number of aliphatic hydroxyl groups excluding tert-OH is 1. The molecule has 0 aliphatic carbocycles. The van der Waals surface area contributed by atoms with Crippen molar-refractivity contribution in [2.75, 3.05) is 39.6 Å². The average molecular weight is 443 g/mol. The van der Waals surface area contributed by atoms with Gasteiger partial charge in [0.1, 0.15) is 11.0 Å². The maximum absolute atomic E-state index is 13.8. The number of thiazole rings is 1. The Morgan fingerprint density at radius 2 is 2.03 bits per heavy atom. The van der Waals surface area contributed by atoms with Gasteiger partial charge in [0.15, 0.2) is 0 Å². The third-order valence-electron chi connectivity index (χ3n) is 5.94. The SMILES string of the molecule is O=C(c1cn(CCO)nc1C1CCOCC1)N1CCOCC1c1nc2ccccc2s1. The molecule has 0 spiro atoms. The summed E-state index contributed by atoms with van der Waals surface area (Å²) in [5.41, 5.74) is 2.38. The lowest BCUT2D eigenvalue weighted by atomic mass is 9.93. The fourth-order valence-corrected chi connectivity index (χ4v) is 5.39. The molecule has 1 aromatic carbocycles. The first kappa shape index (κ1) is 20.6. The van der Waals surface area contributed by atoms with Crippen molar-refractivity contribution in [3.8, 4) is 0 Å². The first-order valence-electron chi connectivity index (χ1n) is 10.7. The Balaban J connectivity index is 1.48. The number of aromatic nitrogens is 3. The molecular weight excluding hydrogens is 416 g/mol. The summed E-state index contributed by atoms with van der Waals surface area (Å²) in [7, 11) is 0. The molecule has 0 saturated carbocycles. The Labute approximate surface area is 184 Å². The van der Waals surface area contributed by atoms with E-state index in [1.54, 1.807) is 22.2 Å². The van der Waals surface area contributed by atoms with Crippen LogP contribution in [0.15, 0.2) is 30.5 Å². The Morgan fingerprint density at radius 3 is 2.84 bits per heavy atom. The summed E-state index contributed by atoms with van der Waals surface area (Å²) in [6.45, 7) is 3.15. The zero-order valence-electron chi connectivity index (χ0n) is 17.3. The molecular formula is C22H26N4O4S. The number of fused-ring (bicyclic) bond motifs is 1. The van der Waals surface area contributed by atoms with E-state index in [1.165, 1.54) is 0 Å². The van der Waals surface area contributed by atoms with E-state index >= 15 is 0 Å². The molecule has 1 amide bonds. The summed E-state index contributed by atoms with van der Waals surface area (Å²) in [5.74, 6) is 0.146. The minimum atomic E-state index is -0.220. The van der Waals surface area contributed by atoms with Crippen molar-refractivity contribution in [2.24, 2.45) is 0 Å². The van der Waals surface area contributed by atoms with Crippen LogP contribution in [0.1, 0.15) is 45.9 Å². The first-order valence-corrected chi connectivity index (χ1v) is 11.6. The molecule has 2 aliphatic rings. The smallest absolute Gasteiger partial charge is 0.258 e. The standard InChI is InChI=1S/C22H26N4O4S/c27-9-7-25-13-16(20(24-25)15-5-10-29-11-6-15)22(28)26-8-12-30-14-18(26)21-23-17-3-1-2-4-19(17)31-21/h1-4,13,15,18,27H,5-12,14H2. The van der Waals surface area contributed by atoms with Crippen molar-refractivity contribution in [1.82, 2.24) is 19.7 Å². The van der Waals surface area contributed by atoms with E-state index in [0.717, 1.165) is 33.8 Å². The molecule has 2 saturated heterocycles. The lowest BCUT2D eigenvalue weighted by molar-refractivity contribution is -0.00285. The van der Waals surface area contributed by atoms with Crippen LogP contribution in [0.2, 0.25) is 0 Å². The number of rotatable bonds is 5. The van der Waals surface area contributed by atoms with Crippen molar-refractivity contribution in [1.29, 1.82) is 0 Å². The molecule has 4 heterocycles. The van der Waals surface area contributed by atoms with Gasteiger partial charge in [-0.1, -0.05) is 12.1 Å². The number of hydrogen-bond acceptors (Lipinski definition) is 7. The van der Waals surface area contributed by atoms with Gasteiger partial charge in [0, 0.05) is 31.9 Å². The van der Waals surface area contributed by atoms with Crippen LogP contribution in [0.3, 0.4) is 0 Å². The zero-order chi connectivity index (χ0) is 21.2. The van der Waals surface area contributed by atoms with Crippen LogP contribution >= 0.6 is 11.3 Å². The number of benzene rings is 1. The second-order valence-corrected chi connectivity index (χ2v) is 8.97. The number of morpholine rings is 1. The van der Waals surface area contributed by atoms with Gasteiger partial charge in [-0.05, 0) is 25.0 Å². The molecule has 164 valence electrons. The van der Waals surface area contributed by atoms with Crippen LogP contribution in [0.25, 0.3) is 10.2 Å². The maximum atomic E-state index is 13.8. The predicted octanol–water partition coefficient (Wildman–Crippen LogP) is 2.59. The Kier molecular flexibility index (Phi) is 5.99. The summed E-state index contributed by atoms with van der Waals surface area (Å²) in [4.78, 5) is 20.4. The van der Waals surface area contributed by atoms with E-state index in [1.807, 2.05) is 23.1 Å². The number of carbonyl (C=O) groups is 1. The molecule has 2 fully saturated rings. The Hall–Kier alpha value is -2.33. The molecule has 1 unspecified atom stereocenters. The van der Waals surface area contributed by atoms with Gasteiger partial charge in [0.2, 0.25) is 0 Å². The molecule has 1 atom stereocenters. The van der Waals surface area contributed by atoms with Crippen LogP contribution in [0.4, 0.5) is 0 Å². The highest BCUT2D eigenvalue weighted by atomic mass is 32.1. The Morgan fingerprint density at radius 1 is 1.19 bits per heavy atom. The van der Waals surface area contributed by atoms with E-state index in [2.05, 4.69) is 11.2 Å². The second-order valence-electron chi connectivity index (χ2n) is 7.91. The molecule has 31 heavy (non-hydrogen) atoms.